The molecule has 0 spiro atoms. The first-order valence-corrected chi connectivity index (χ1v) is 10.3. The molecule has 0 atom stereocenters. The van der Waals surface area contributed by atoms with Crippen molar-refractivity contribution in [2.45, 2.75) is 6.54 Å². The van der Waals surface area contributed by atoms with Crippen LogP contribution in [-0.4, -0.2) is 46.0 Å². The number of pyridine rings is 1. The average Bonchev–Trinajstić information content (AvgIpc) is 2.81. The molecule has 6 heteroatoms. The number of nitrogens with one attached hydrogen (secondary N) is 1. The molecule has 0 amide bonds. The fourth-order valence-corrected chi connectivity index (χ4v) is 3.89. The highest BCUT2D eigenvalue weighted by Gasteiger charge is 2.18. The van der Waals surface area contributed by atoms with Crippen molar-refractivity contribution in [1.82, 2.24) is 19.9 Å². The molecule has 0 radical (unpaired) electrons. The van der Waals surface area contributed by atoms with Crippen LogP contribution in [0.2, 0.25) is 0 Å². The molecule has 1 aliphatic heterocycles. The van der Waals surface area contributed by atoms with Gasteiger partial charge in [0.05, 0.1) is 11.2 Å². The van der Waals surface area contributed by atoms with Crippen molar-refractivity contribution < 1.29 is 0 Å². The van der Waals surface area contributed by atoms with E-state index in [-0.39, 0.29) is 0 Å². The molecule has 30 heavy (non-hydrogen) atoms. The summed E-state index contributed by atoms with van der Waals surface area (Å²) in [5, 5.41) is 4.44. The molecule has 0 aliphatic carbocycles. The average molecular weight is 396 g/mol. The summed E-state index contributed by atoms with van der Waals surface area (Å²) in [7, 11) is 0. The predicted molar refractivity (Wildman–Crippen MR) is 121 cm³/mol. The van der Waals surface area contributed by atoms with Gasteiger partial charge in [0.15, 0.2) is 0 Å². The smallest absolute Gasteiger partial charge is 0.229 e. The summed E-state index contributed by atoms with van der Waals surface area (Å²) < 4.78 is 0. The first-order valence-electron chi connectivity index (χ1n) is 10.3. The van der Waals surface area contributed by atoms with Crippen LogP contribution in [0.1, 0.15) is 5.56 Å². The van der Waals surface area contributed by atoms with Crippen LogP contribution in [0.25, 0.3) is 10.9 Å². The van der Waals surface area contributed by atoms with Crippen molar-refractivity contribution >= 4 is 28.4 Å². The Morgan fingerprint density at radius 2 is 1.60 bits per heavy atom. The maximum Gasteiger partial charge on any atom is 0.229 e. The molecule has 1 fully saturated rings. The third-order valence-corrected chi connectivity index (χ3v) is 5.47. The maximum atomic E-state index is 4.76. The summed E-state index contributed by atoms with van der Waals surface area (Å²) >= 11 is 0. The lowest BCUT2D eigenvalue weighted by Gasteiger charge is -2.35. The van der Waals surface area contributed by atoms with Gasteiger partial charge in [0.2, 0.25) is 5.95 Å². The van der Waals surface area contributed by atoms with E-state index in [0.717, 1.165) is 55.1 Å². The summed E-state index contributed by atoms with van der Waals surface area (Å²) in [6.07, 6.45) is 3.62. The number of aromatic nitrogens is 3. The van der Waals surface area contributed by atoms with Crippen molar-refractivity contribution in [3.05, 3.63) is 84.7 Å². The first kappa shape index (κ1) is 18.5. The Bertz CT molecular complexity index is 1120. The van der Waals surface area contributed by atoms with E-state index in [1.807, 2.05) is 30.5 Å². The number of hydrogen-bond acceptors (Lipinski definition) is 6. The number of anilines is 3. The van der Waals surface area contributed by atoms with Crippen molar-refractivity contribution in [3.8, 4) is 0 Å². The molecule has 150 valence electrons. The van der Waals surface area contributed by atoms with Crippen LogP contribution in [-0.2, 0) is 6.54 Å². The van der Waals surface area contributed by atoms with Crippen LogP contribution >= 0.6 is 0 Å². The highest BCUT2D eigenvalue weighted by molar-refractivity contribution is 5.91. The van der Waals surface area contributed by atoms with Gasteiger partial charge in [-0.25, -0.2) is 4.98 Å². The number of benzene rings is 2. The van der Waals surface area contributed by atoms with Gasteiger partial charge in [-0.3, -0.25) is 9.88 Å². The van der Waals surface area contributed by atoms with Gasteiger partial charge in [0.1, 0.15) is 5.82 Å². The second-order valence-corrected chi connectivity index (χ2v) is 7.49. The molecule has 4 aromatic rings. The van der Waals surface area contributed by atoms with Crippen LogP contribution in [0.15, 0.2) is 79.1 Å². The lowest BCUT2D eigenvalue weighted by molar-refractivity contribution is 0.249. The monoisotopic (exact) mass is 396 g/mol. The highest BCUT2D eigenvalue weighted by atomic mass is 15.3. The van der Waals surface area contributed by atoms with Gasteiger partial charge in [-0.05, 0) is 23.8 Å². The minimum absolute atomic E-state index is 0.595. The minimum atomic E-state index is 0.595. The van der Waals surface area contributed by atoms with E-state index in [1.165, 1.54) is 5.56 Å². The number of para-hydroxylation sites is 1. The Labute approximate surface area is 176 Å². The number of piperazine rings is 1. The van der Waals surface area contributed by atoms with Crippen molar-refractivity contribution in [2.24, 2.45) is 0 Å². The normalized spacial score (nSPS) is 14.7. The lowest BCUT2D eigenvalue weighted by Crippen LogP contribution is -2.46. The largest absolute Gasteiger partial charge is 0.354 e. The fourth-order valence-electron chi connectivity index (χ4n) is 3.89. The predicted octanol–water partition coefficient (Wildman–Crippen LogP) is 4.09. The second-order valence-electron chi connectivity index (χ2n) is 7.49. The number of nitrogens with zero attached hydrogens (tertiary/aromatic N) is 5. The Balaban J connectivity index is 1.26. The minimum Gasteiger partial charge on any atom is -0.354 e. The number of hydrogen-bond donors (Lipinski definition) is 1. The molecule has 0 unspecified atom stereocenters. The standard InChI is InChI=1S/C24H24N6/c1-2-6-19(7-3-1)18-29-14-16-30(17-15-29)22-11-13-26-24(28-22)27-21-10-4-8-20-9-5-12-25-23(20)21/h1-13H,14-18H2,(H,26,27,28). The van der Waals surface area contributed by atoms with Crippen molar-refractivity contribution in [2.75, 3.05) is 36.4 Å². The summed E-state index contributed by atoms with van der Waals surface area (Å²) in [5.41, 5.74) is 3.20. The van der Waals surface area contributed by atoms with E-state index >= 15 is 0 Å². The van der Waals surface area contributed by atoms with E-state index in [1.54, 1.807) is 6.20 Å². The van der Waals surface area contributed by atoms with Gasteiger partial charge in [0, 0.05) is 50.5 Å². The zero-order valence-electron chi connectivity index (χ0n) is 16.8. The molecule has 0 saturated carbocycles. The Kier molecular flexibility index (Phi) is 5.23. The third kappa shape index (κ3) is 4.09. The Hall–Kier alpha value is -3.51. The zero-order chi connectivity index (χ0) is 20.2. The Morgan fingerprint density at radius 3 is 2.47 bits per heavy atom. The lowest BCUT2D eigenvalue weighted by atomic mass is 10.2. The molecule has 0 bridgehead atoms. The zero-order valence-corrected chi connectivity index (χ0v) is 16.8. The molecular weight excluding hydrogens is 372 g/mol. The summed E-state index contributed by atoms with van der Waals surface area (Å²) in [4.78, 5) is 18.5. The quantitative estimate of drug-likeness (QED) is 0.548. The van der Waals surface area contributed by atoms with Gasteiger partial charge in [-0.2, -0.15) is 4.98 Å². The van der Waals surface area contributed by atoms with Crippen LogP contribution in [0, 0.1) is 0 Å². The van der Waals surface area contributed by atoms with Crippen molar-refractivity contribution in [1.29, 1.82) is 0 Å². The van der Waals surface area contributed by atoms with Gasteiger partial charge in [0.25, 0.3) is 0 Å². The number of fused-ring (bicyclic) bond motifs is 1. The van der Waals surface area contributed by atoms with Crippen LogP contribution in [0.3, 0.4) is 0 Å². The van der Waals surface area contributed by atoms with Gasteiger partial charge >= 0.3 is 0 Å². The SMILES string of the molecule is c1ccc(CN2CCN(c3ccnc(Nc4cccc5cccnc45)n3)CC2)cc1. The molecule has 1 aliphatic rings. The molecule has 3 heterocycles. The molecule has 2 aromatic heterocycles. The van der Waals surface area contributed by atoms with E-state index < -0.39 is 0 Å². The highest BCUT2D eigenvalue weighted by Crippen LogP contribution is 2.24. The van der Waals surface area contributed by atoms with Crippen LogP contribution in [0.5, 0.6) is 0 Å². The van der Waals surface area contributed by atoms with Crippen LogP contribution < -0.4 is 10.2 Å². The first-order chi connectivity index (χ1) is 14.8. The van der Waals surface area contributed by atoms with Gasteiger partial charge < -0.3 is 10.2 Å². The summed E-state index contributed by atoms with van der Waals surface area (Å²) in [6, 6.07) is 22.7. The molecule has 2 aromatic carbocycles. The van der Waals surface area contributed by atoms with E-state index in [0.29, 0.717) is 5.95 Å². The topological polar surface area (TPSA) is 57.2 Å². The molecule has 6 nitrogen and oxygen atoms in total. The molecule has 5 rings (SSSR count). The second kappa shape index (κ2) is 8.47. The Morgan fingerprint density at radius 1 is 0.767 bits per heavy atom. The molecular formula is C24H24N6. The van der Waals surface area contributed by atoms with Crippen LogP contribution in [0.4, 0.5) is 17.5 Å². The summed E-state index contributed by atoms with van der Waals surface area (Å²) in [5.74, 6) is 1.55. The third-order valence-electron chi connectivity index (χ3n) is 5.47. The van der Waals surface area contributed by atoms with E-state index in [9.17, 15) is 0 Å². The molecule has 1 saturated heterocycles. The van der Waals surface area contributed by atoms with Gasteiger partial charge in [-0.1, -0.05) is 48.5 Å². The van der Waals surface area contributed by atoms with E-state index in [4.69, 9.17) is 4.98 Å². The number of rotatable bonds is 5. The summed E-state index contributed by atoms with van der Waals surface area (Å²) in [6.45, 7) is 4.96. The fraction of sp³-hybridized carbons (Fsp3) is 0.208. The maximum absolute atomic E-state index is 4.76. The molecule has 1 N–H and O–H groups in total. The van der Waals surface area contributed by atoms with Crippen molar-refractivity contribution in [3.63, 3.8) is 0 Å². The van der Waals surface area contributed by atoms with Gasteiger partial charge in [-0.15, -0.1) is 0 Å². The van der Waals surface area contributed by atoms with E-state index in [2.05, 4.69) is 67.5 Å².